The summed E-state index contributed by atoms with van der Waals surface area (Å²) >= 11 is 0. The molecule has 22 heavy (non-hydrogen) atoms. The van der Waals surface area contributed by atoms with Crippen LogP contribution in [0.5, 0.6) is 0 Å². The van der Waals surface area contributed by atoms with Crippen molar-refractivity contribution in [1.29, 1.82) is 0 Å². The Kier molecular flexibility index (Phi) is 10.0. The maximum absolute atomic E-state index is 11.8. The fourth-order valence-corrected chi connectivity index (χ4v) is 2.52. The monoisotopic (exact) mass is 350 g/mol. The van der Waals surface area contributed by atoms with Crippen LogP contribution in [0.2, 0.25) is 0 Å². The maximum Gasteiger partial charge on any atom is 0.251 e. The van der Waals surface area contributed by atoms with Gasteiger partial charge in [-0.25, -0.2) is 8.42 Å². The molecule has 0 heterocycles. The van der Waals surface area contributed by atoms with Crippen LogP contribution in [0.25, 0.3) is 0 Å². The number of amides is 1. The van der Waals surface area contributed by atoms with Crippen molar-refractivity contribution in [2.75, 3.05) is 39.6 Å². The molecular formula is C14H23ClN2O4S. The van der Waals surface area contributed by atoms with Gasteiger partial charge in [-0.05, 0) is 17.7 Å². The van der Waals surface area contributed by atoms with Crippen molar-refractivity contribution in [3.05, 3.63) is 35.4 Å². The predicted molar refractivity (Wildman–Crippen MR) is 89.3 cm³/mol. The molecule has 1 amide bonds. The van der Waals surface area contributed by atoms with Gasteiger partial charge in [-0.3, -0.25) is 4.79 Å². The van der Waals surface area contributed by atoms with Crippen LogP contribution in [0.4, 0.5) is 0 Å². The molecule has 1 aromatic rings. The van der Waals surface area contributed by atoms with Gasteiger partial charge >= 0.3 is 0 Å². The molecule has 2 N–H and O–H groups in total. The van der Waals surface area contributed by atoms with Crippen LogP contribution < -0.4 is 10.6 Å². The summed E-state index contributed by atoms with van der Waals surface area (Å²) < 4.78 is 27.2. The van der Waals surface area contributed by atoms with Gasteiger partial charge in [0.25, 0.3) is 5.91 Å². The van der Waals surface area contributed by atoms with E-state index >= 15 is 0 Å². The molecule has 0 aliphatic carbocycles. The highest BCUT2D eigenvalue weighted by molar-refractivity contribution is 7.89. The first-order valence-corrected chi connectivity index (χ1v) is 8.73. The number of ether oxygens (including phenoxy) is 1. The molecule has 0 aliphatic heterocycles. The second-order valence-electron chi connectivity index (χ2n) is 4.77. The van der Waals surface area contributed by atoms with Gasteiger partial charge in [0.05, 0.1) is 12.4 Å². The molecule has 0 saturated heterocycles. The van der Waals surface area contributed by atoms with E-state index in [1.165, 1.54) is 6.26 Å². The molecule has 8 heteroatoms. The van der Waals surface area contributed by atoms with Gasteiger partial charge in [0.1, 0.15) is 0 Å². The van der Waals surface area contributed by atoms with Gasteiger partial charge in [0, 0.05) is 38.6 Å². The fourth-order valence-electron chi connectivity index (χ4n) is 1.72. The summed E-state index contributed by atoms with van der Waals surface area (Å²) in [4.78, 5) is 11.8. The number of sulfone groups is 1. The van der Waals surface area contributed by atoms with E-state index in [9.17, 15) is 13.2 Å². The minimum Gasteiger partial charge on any atom is -0.383 e. The lowest BCUT2D eigenvalue weighted by atomic mass is 10.1. The van der Waals surface area contributed by atoms with Gasteiger partial charge in [0.15, 0.2) is 9.84 Å². The van der Waals surface area contributed by atoms with Crippen molar-refractivity contribution in [3.63, 3.8) is 0 Å². The van der Waals surface area contributed by atoms with Crippen LogP contribution in [0, 0.1) is 0 Å². The number of carbonyl (C=O) groups is 1. The topological polar surface area (TPSA) is 84.5 Å². The summed E-state index contributed by atoms with van der Waals surface area (Å²) in [5, 5.41) is 5.90. The SMILES string of the molecule is COCCNCCNC(=O)c1ccc(CS(C)(=O)=O)cc1.Cl. The molecule has 0 aliphatic rings. The van der Waals surface area contributed by atoms with Crippen LogP contribution in [0.1, 0.15) is 15.9 Å². The smallest absolute Gasteiger partial charge is 0.251 e. The Morgan fingerprint density at radius 3 is 2.32 bits per heavy atom. The van der Waals surface area contributed by atoms with Crippen molar-refractivity contribution < 1.29 is 17.9 Å². The first-order chi connectivity index (χ1) is 9.92. The second kappa shape index (κ2) is 10.6. The van der Waals surface area contributed by atoms with E-state index in [4.69, 9.17) is 4.74 Å². The number of benzene rings is 1. The Morgan fingerprint density at radius 2 is 1.77 bits per heavy atom. The van der Waals surface area contributed by atoms with E-state index in [0.717, 1.165) is 6.54 Å². The van der Waals surface area contributed by atoms with Crippen molar-refractivity contribution in [3.8, 4) is 0 Å². The Morgan fingerprint density at radius 1 is 1.14 bits per heavy atom. The highest BCUT2D eigenvalue weighted by atomic mass is 35.5. The van der Waals surface area contributed by atoms with E-state index in [2.05, 4.69) is 10.6 Å². The van der Waals surface area contributed by atoms with Crippen LogP contribution >= 0.6 is 12.4 Å². The molecule has 0 bridgehead atoms. The molecular weight excluding hydrogens is 328 g/mol. The van der Waals surface area contributed by atoms with Crippen molar-refractivity contribution in [1.82, 2.24) is 10.6 Å². The summed E-state index contributed by atoms with van der Waals surface area (Å²) in [5.74, 6) is -0.187. The number of hydrogen-bond donors (Lipinski definition) is 2. The number of carbonyl (C=O) groups excluding carboxylic acids is 1. The molecule has 1 rings (SSSR count). The summed E-state index contributed by atoms with van der Waals surface area (Å²) in [5.41, 5.74) is 1.19. The third-order valence-corrected chi connectivity index (χ3v) is 3.57. The highest BCUT2D eigenvalue weighted by Gasteiger charge is 2.07. The second-order valence-corrected chi connectivity index (χ2v) is 6.91. The highest BCUT2D eigenvalue weighted by Crippen LogP contribution is 2.07. The Balaban J connectivity index is 0.00000441. The predicted octanol–water partition coefficient (Wildman–Crippen LogP) is 0.619. The number of hydrogen-bond acceptors (Lipinski definition) is 5. The number of rotatable bonds is 9. The first-order valence-electron chi connectivity index (χ1n) is 6.67. The van der Waals surface area contributed by atoms with Gasteiger partial charge in [-0.15, -0.1) is 12.4 Å². The minimum absolute atomic E-state index is 0. The molecule has 0 spiro atoms. The minimum atomic E-state index is -3.05. The molecule has 1 aromatic carbocycles. The number of halogens is 1. The van der Waals surface area contributed by atoms with Crippen LogP contribution in [0.15, 0.2) is 24.3 Å². The van der Waals surface area contributed by atoms with E-state index in [-0.39, 0.29) is 24.1 Å². The third kappa shape index (κ3) is 8.99. The molecule has 126 valence electrons. The van der Waals surface area contributed by atoms with Gasteiger partial charge in [0.2, 0.25) is 0 Å². The van der Waals surface area contributed by atoms with Crippen LogP contribution in [-0.4, -0.2) is 53.9 Å². The van der Waals surface area contributed by atoms with Gasteiger partial charge in [-0.2, -0.15) is 0 Å². The lowest BCUT2D eigenvalue weighted by Gasteiger charge is -2.07. The van der Waals surface area contributed by atoms with Crippen LogP contribution in [0.3, 0.4) is 0 Å². The van der Waals surface area contributed by atoms with Crippen LogP contribution in [-0.2, 0) is 20.3 Å². The van der Waals surface area contributed by atoms with Gasteiger partial charge < -0.3 is 15.4 Å². The van der Waals surface area contributed by atoms with E-state index in [0.29, 0.717) is 30.8 Å². The van der Waals surface area contributed by atoms with Crippen molar-refractivity contribution in [2.24, 2.45) is 0 Å². The summed E-state index contributed by atoms with van der Waals surface area (Å²) in [7, 11) is -1.42. The number of nitrogens with one attached hydrogen (secondary N) is 2. The third-order valence-electron chi connectivity index (χ3n) is 2.72. The maximum atomic E-state index is 11.8. The Hall–Kier alpha value is -1.15. The molecule has 0 radical (unpaired) electrons. The molecule has 0 fully saturated rings. The van der Waals surface area contributed by atoms with Crippen molar-refractivity contribution >= 4 is 28.2 Å². The summed E-state index contributed by atoms with van der Waals surface area (Å²) in [6, 6.07) is 6.59. The zero-order chi connectivity index (χ0) is 15.7. The van der Waals surface area contributed by atoms with Gasteiger partial charge in [-0.1, -0.05) is 12.1 Å². The average molecular weight is 351 g/mol. The van der Waals surface area contributed by atoms with E-state index in [1.54, 1.807) is 31.4 Å². The normalized spacial score (nSPS) is 10.8. The van der Waals surface area contributed by atoms with E-state index in [1.807, 2.05) is 0 Å². The lowest BCUT2D eigenvalue weighted by Crippen LogP contribution is -2.33. The average Bonchev–Trinajstić information content (AvgIpc) is 2.41. The molecule has 0 atom stereocenters. The Labute approximate surface area is 138 Å². The Bertz CT molecular complexity index is 546. The summed E-state index contributed by atoms with van der Waals surface area (Å²) in [6.45, 7) is 2.57. The molecule has 0 saturated carbocycles. The lowest BCUT2D eigenvalue weighted by molar-refractivity contribution is 0.0953. The largest absolute Gasteiger partial charge is 0.383 e. The first kappa shape index (κ1) is 20.9. The molecule has 0 aromatic heterocycles. The number of methoxy groups -OCH3 is 1. The zero-order valence-electron chi connectivity index (χ0n) is 12.8. The summed E-state index contributed by atoms with van der Waals surface area (Å²) in [6.07, 6.45) is 1.18. The fraction of sp³-hybridized carbons (Fsp3) is 0.500. The quantitative estimate of drug-likeness (QED) is 0.638. The van der Waals surface area contributed by atoms with E-state index < -0.39 is 9.84 Å². The standard InChI is InChI=1S/C14H22N2O4S.ClH/c1-20-10-9-15-7-8-16-14(17)13-5-3-12(4-6-13)11-21(2,18)19;/h3-6,15H,7-11H2,1-2H3,(H,16,17);1H. The zero-order valence-corrected chi connectivity index (χ0v) is 14.4. The molecule has 6 nitrogen and oxygen atoms in total. The molecule has 0 unspecified atom stereocenters. The van der Waals surface area contributed by atoms with Crippen molar-refractivity contribution in [2.45, 2.75) is 5.75 Å².